The monoisotopic (exact) mass is 277 g/mol. The van der Waals surface area contributed by atoms with Gasteiger partial charge < -0.3 is 0 Å². The molecule has 20 heavy (non-hydrogen) atoms. The minimum atomic E-state index is -0.451. The van der Waals surface area contributed by atoms with Crippen LogP contribution in [0.5, 0.6) is 0 Å². The third-order valence-corrected chi connectivity index (χ3v) is 6.40. The molecule has 0 heterocycles. The van der Waals surface area contributed by atoms with Crippen molar-refractivity contribution in [3.05, 3.63) is 83.9 Å². The SMILES string of the molecule is Cc1ccccc1P(c1ccc[cH-]1)c1ccccc1C. The number of hydrogen-bond donors (Lipinski definition) is 0. The molecular formula is C19H18P-. The Balaban J connectivity index is 2.21. The average molecular weight is 277 g/mol. The zero-order valence-corrected chi connectivity index (χ0v) is 12.8. The lowest BCUT2D eigenvalue weighted by molar-refractivity contribution is 1.50. The van der Waals surface area contributed by atoms with E-state index in [1.165, 1.54) is 27.0 Å². The minimum absolute atomic E-state index is 0.451. The Bertz CT molecular complexity index is 650. The van der Waals surface area contributed by atoms with Gasteiger partial charge in [-0.25, -0.2) is 12.1 Å². The summed E-state index contributed by atoms with van der Waals surface area (Å²) in [5.41, 5.74) is 2.76. The first-order chi connectivity index (χ1) is 9.77. The van der Waals surface area contributed by atoms with Crippen LogP contribution in [0.25, 0.3) is 0 Å². The molecule has 0 fully saturated rings. The van der Waals surface area contributed by atoms with E-state index in [4.69, 9.17) is 0 Å². The molecule has 0 saturated carbocycles. The van der Waals surface area contributed by atoms with Gasteiger partial charge in [-0.3, -0.25) is 0 Å². The van der Waals surface area contributed by atoms with E-state index >= 15 is 0 Å². The molecule has 0 amide bonds. The second-order valence-corrected chi connectivity index (χ2v) is 7.20. The van der Waals surface area contributed by atoms with Crippen LogP contribution in [-0.4, -0.2) is 0 Å². The fourth-order valence-corrected chi connectivity index (χ4v) is 5.16. The van der Waals surface area contributed by atoms with Gasteiger partial charge >= 0.3 is 0 Å². The van der Waals surface area contributed by atoms with Crippen LogP contribution in [0.1, 0.15) is 11.1 Å². The Morgan fingerprint density at radius 3 is 1.70 bits per heavy atom. The maximum Gasteiger partial charge on any atom is -0.0142 e. The lowest BCUT2D eigenvalue weighted by Crippen LogP contribution is -2.23. The summed E-state index contributed by atoms with van der Waals surface area (Å²) >= 11 is 0. The Morgan fingerprint density at radius 1 is 0.700 bits per heavy atom. The van der Waals surface area contributed by atoms with Gasteiger partial charge in [0.05, 0.1) is 0 Å². The van der Waals surface area contributed by atoms with Gasteiger partial charge in [0.25, 0.3) is 0 Å². The predicted octanol–water partition coefficient (Wildman–Crippen LogP) is 3.78. The molecule has 0 aliphatic heterocycles. The van der Waals surface area contributed by atoms with E-state index in [2.05, 4.69) is 86.6 Å². The zero-order valence-electron chi connectivity index (χ0n) is 11.9. The van der Waals surface area contributed by atoms with E-state index in [9.17, 15) is 0 Å². The summed E-state index contributed by atoms with van der Waals surface area (Å²) in [5, 5.41) is 4.36. The van der Waals surface area contributed by atoms with Crippen molar-refractivity contribution in [1.29, 1.82) is 0 Å². The van der Waals surface area contributed by atoms with Crippen molar-refractivity contribution in [2.24, 2.45) is 0 Å². The maximum atomic E-state index is 2.28. The molecule has 0 saturated heterocycles. The van der Waals surface area contributed by atoms with Gasteiger partial charge in [-0.05, 0) is 43.5 Å². The van der Waals surface area contributed by atoms with E-state index in [-0.39, 0.29) is 0 Å². The second kappa shape index (κ2) is 5.69. The summed E-state index contributed by atoms with van der Waals surface area (Å²) in [7, 11) is -0.451. The van der Waals surface area contributed by atoms with Crippen molar-refractivity contribution < 1.29 is 0 Å². The molecule has 1 heteroatoms. The number of aryl methyl sites for hydroxylation is 2. The highest BCUT2D eigenvalue weighted by atomic mass is 31.1. The van der Waals surface area contributed by atoms with Gasteiger partial charge in [0.15, 0.2) is 0 Å². The van der Waals surface area contributed by atoms with Gasteiger partial charge in [-0.2, -0.15) is 12.1 Å². The standard InChI is InChI=1S/C19H18P/c1-15-9-3-7-13-18(15)20(17-11-5-6-12-17)19-14-8-4-10-16(19)2/h3-14H,1-2H3/q-1. The first-order valence-electron chi connectivity index (χ1n) is 6.90. The van der Waals surface area contributed by atoms with Crippen LogP contribution in [0.4, 0.5) is 0 Å². The summed E-state index contributed by atoms with van der Waals surface area (Å²) in [5.74, 6) is 0. The van der Waals surface area contributed by atoms with Crippen LogP contribution in [-0.2, 0) is 0 Å². The van der Waals surface area contributed by atoms with Gasteiger partial charge in [-0.1, -0.05) is 48.5 Å². The average Bonchev–Trinajstić information content (AvgIpc) is 2.97. The third-order valence-electron chi connectivity index (χ3n) is 3.62. The molecule has 0 radical (unpaired) electrons. The molecule has 0 spiro atoms. The second-order valence-electron chi connectivity index (χ2n) is 5.05. The fraction of sp³-hybridized carbons (Fsp3) is 0.105. The molecule has 0 N–H and O–H groups in total. The minimum Gasteiger partial charge on any atom is -0.213 e. The van der Waals surface area contributed by atoms with Crippen molar-refractivity contribution in [2.45, 2.75) is 13.8 Å². The maximum absolute atomic E-state index is 2.28. The molecule has 0 atom stereocenters. The predicted molar refractivity (Wildman–Crippen MR) is 90.2 cm³/mol. The summed E-state index contributed by atoms with van der Waals surface area (Å²) in [6.07, 6.45) is 0. The molecule has 0 aromatic heterocycles. The Kier molecular flexibility index (Phi) is 3.76. The molecule has 3 rings (SSSR count). The largest absolute Gasteiger partial charge is 0.213 e. The number of hydrogen-bond acceptors (Lipinski definition) is 0. The Hall–Kier alpha value is -1.78. The smallest absolute Gasteiger partial charge is 0.0142 e. The molecule has 100 valence electrons. The molecular weight excluding hydrogens is 259 g/mol. The summed E-state index contributed by atoms with van der Waals surface area (Å²) in [4.78, 5) is 0. The molecule has 0 aliphatic rings. The lowest BCUT2D eigenvalue weighted by atomic mass is 10.2. The van der Waals surface area contributed by atoms with Crippen molar-refractivity contribution >= 4 is 23.8 Å². The van der Waals surface area contributed by atoms with E-state index in [0.29, 0.717) is 0 Å². The molecule has 3 aromatic carbocycles. The van der Waals surface area contributed by atoms with Crippen molar-refractivity contribution in [3.63, 3.8) is 0 Å². The number of benzene rings is 2. The van der Waals surface area contributed by atoms with E-state index < -0.39 is 7.92 Å². The quantitative estimate of drug-likeness (QED) is 0.505. The van der Waals surface area contributed by atoms with E-state index in [1.54, 1.807) is 0 Å². The molecule has 3 aromatic rings. The van der Waals surface area contributed by atoms with Crippen molar-refractivity contribution in [1.82, 2.24) is 0 Å². The fourth-order valence-electron chi connectivity index (χ4n) is 2.55. The summed E-state index contributed by atoms with van der Waals surface area (Å²) in [6.45, 7) is 4.43. The van der Waals surface area contributed by atoms with Crippen LogP contribution >= 0.6 is 7.92 Å². The Labute approximate surface area is 122 Å². The first kappa shape index (κ1) is 13.2. The van der Waals surface area contributed by atoms with Crippen molar-refractivity contribution in [3.8, 4) is 0 Å². The van der Waals surface area contributed by atoms with Gasteiger partial charge in [0.2, 0.25) is 0 Å². The van der Waals surface area contributed by atoms with Crippen LogP contribution in [0.2, 0.25) is 0 Å². The number of rotatable bonds is 3. The summed E-state index contributed by atoms with van der Waals surface area (Å²) in [6, 6.07) is 26.3. The highest BCUT2D eigenvalue weighted by molar-refractivity contribution is 7.80. The van der Waals surface area contributed by atoms with Crippen LogP contribution < -0.4 is 15.9 Å². The molecule has 0 bridgehead atoms. The van der Waals surface area contributed by atoms with E-state index in [1.807, 2.05) is 0 Å². The molecule has 0 nitrogen and oxygen atoms in total. The van der Waals surface area contributed by atoms with Gasteiger partial charge in [0, 0.05) is 0 Å². The van der Waals surface area contributed by atoms with Gasteiger partial charge in [0.1, 0.15) is 0 Å². The van der Waals surface area contributed by atoms with E-state index in [0.717, 1.165) is 0 Å². The zero-order chi connectivity index (χ0) is 13.9. The molecule has 0 aliphatic carbocycles. The highest BCUT2D eigenvalue weighted by Crippen LogP contribution is 2.35. The Morgan fingerprint density at radius 2 is 1.25 bits per heavy atom. The van der Waals surface area contributed by atoms with Crippen LogP contribution in [0.15, 0.2) is 72.8 Å². The molecule has 0 unspecified atom stereocenters. The first-order valence-corrected chi connectivity index (χ1v) is 8.24. The normalized spacial score (nSPS) is 10.9. The van der Waals surface area contributed by atoms with Crippen LogP contribution in [0, 0.1) is 13.8 Å². The van der Waals surface area contributed by atoms with Crippen LogP contribution in [0.3, 0.4) is 0 Å². The van der Waals surface area contributed by atoms with Crippen molar-refractivity contribution in [2.75, 3.05) is 0 Å². The third kappa shape index (κ3) is 2.44. The highest BCUT2D eigenvalue weighted by Gasteiger charge is 2.16. The topological polar surface area (TPSA) is 0 Å². The lowest BCUT2D eigenvalue weighted by Gasteiger charge is -2.24. The van der Waals surface area contributed by atoms with Gasteiger partial charge in [-0.15, -0.1) is 5.30 Å². The summed E-state index contributed by atoms with van der Waals surface area (Å²) < 4.78 is 0.